The number of ketones is 1. The zero-order valence-electron chi connectivity index (χ0n) is 22.7. The summed E-state index contributed by atoms with van der Waals surface area (Å²) in [5.74, 6) is 4.78. The molecular weight excluding hydrogens is 388 g/mol. The number of carbonyl (C=O) groups is 1. The predicted molar refractivity (Wildman–Crippen MR) is 134 cm³/mol. The molecule has 0 N–H and O–H groups in total. The van der Waals surface area contributed by atoms with E-state index in [4.69, 9.17) is 0 Å². The topological polar surface area (TPSA) is 17.1 Å². The smallest absolute Gasteiger partial charge is 0.132 e. The van der Waals surface area contributed by atoms with E-state index in [-0.39, 0.29) is 5.92 Å². The summed E-state index contributed by atoms with van der Waals surface area (Å²) in [5.41, 5.74) is 2.50. The van der Waals surface area contributed by atoms with E-state index >= 15 is 0 Å². The van der Waals surface area contributed by atoms with Crippen molar-refractivity contribution in [1.82, 2.24) is 0 Å². The number of carbonyl (C=O) groups excluding carboxylic acids is 1. The van der Waals surface area contributed by atoms with Gasteiger partial charge in [-0.05, 0) is 128 Å². The Morgan fingerprint density at radius 2 is 1.28 bits per heavy atom. The van der Waals surface area contributed by atoms with Gasteiger partial charge in [-0.15, -0.1) is 0 Å². The Morgan fingerprint density at radius 3 is 1.91 bits per heavy atom. The summed E-state index contributed by atoms with van der Waals surface area (Å²) in [4.78, 5) is 12.3. The lowest BCUT2D eigenvalue weighted by molar-refractivity contribution is -0.241. The van der Waals surface area contributed by atoms with Gasteiger partial charge in [0.05, 0.1) is 0 Å². The van der Waals surface area contributed by atoms with E-state index in [2.05, 4.69) is 48.5 Å². The van der Waals surface area contributed by atoms with Crippen molar-refractivity contribution in [3.8, 4) is 0 Å². The molecular formula is C31H52O. The number of fused-ring (bicyclic) bond motifs is 7. The minimum absolute atomic E-state index is 0.261. The van der Waals surface area contributed by atoms with Crippen LogP contribution in [0.1, 0.15) is 126 Å². The molecule has 10 atom stereocenters. The standard InChI is InChI=1S/C31H52O/c1-20(21(2)32)22-12-17-28(5)23(22)13-18-30(7)25(28)10-11-26-29(6)16-9-15-27(3,4)24(29)14-19-31(26,30)8/h20,22-26H,9-19H2,1-8H3. The Kier molecular flexibility index (Phi) is 5.19. The quantitative estimate of drug-likeness (QED) is 0.419. The molecule has 0 aromatic heterocycles. The first kappa shape index (κ1) is 23.4. The first-order valence-electron chi connectivity index (χ1n) is 14.3. The Labute approximate surface area is 199 Å². The Hall–Kier alpha value is -0.330. The maximum atomic E-state index is 12.3. The molecule has 0 aromatic carbocycles. The molecule has 0 aliphatic heterocycles. The van der Waals surface area contributed by atoms with Crippen LogP contribution in [0, 0.1) is 62.6 Å². The van der Waals surface area contributed by atoms with Crippen molar-refractivity contribution in [2.24, 2.45) is 62.6 Å². The number of hydrogen-bond donors (Lipinski definition) is 0. The van der Waals surface area contributed by atoms with Gasteiger partial charge in [-0.1, -0.05) is 54.9 Å². The van der Waals surface area contributed by atoms with Crippen LogP contribution in [-0.4, -0.2) is 5.78 Å². The van der Waals surface area contributed by atoms with E-state index in [1.165, 1.54) is 70.6 Å². The normalized spacial score (nSPS) is 55.2. The third kappa shape index (κ3) is 2.78. The highest BCUT2D eigenvalue weighted by Gasteiger charge is 2.70. The van der Waals surface area contributed by atoms with E-state index in [9.17, 15) is 4.79 Å². The van der Waals surface area contributed by atoms with Gasteiger partial charge in [-0.2, -0.15) is 0 Å². The lowest BCUT2D eigenvalue weighted by atomic mass is 9.32. The summed E-state index contributed by atoms with van der Waals surface area (Å²) in [6.45, 7) is 20.2. The second kappa shape index (κ2) is 7.10. The molecule has 5 rings (SSSR count). The average Bonchev–Trinajstić information content (AvgIpc) is 3.04. The van der Waals surface area contributed by atoms with Crippen LogP contribution in [0.5, 0.6) is 0 Å². The van der Waals surface area contributed by atoms with Crippen LogP contribution < -0.4 is 0 Å². The van der Waals surface area contributed by atoms with Gasteiger partial charge < -0.3 is 0 Å². The molecule has 0 heterocycles. The fourth-order valence-corrected chi connectivity index (χ4v) is 12.2. The second-order valence-corrected chi connectivity index (χ2v) is 15.2. The van der Waals surface area contributed by atoms with Gasteiger partial charge in [0.15, 0.2) is 0 Å². The van der Waals surface area contributed by atoms with Crippen molar-refractivity contribution >= 4 is 5.78 Å². The molecule has 32 heavy (non-hydrogen) atoms. The fraction of sp³-hybridized carbons (Fsp3) is 0.968. The van der Waals surface area contributed by atoms with Gasteiger partial charge in [0.1, 0.15) is 5.78 Å². The zero-order chi connectivity index (χ0) is 23.3. The largest absolute Gasteiger partial charge is 0.300 e. The summed E-state index contributed by atoms with van der Waals surface area (Å²) in [6.07, 6.45) is 15.6. The summed E-state index contributed by atoms with van der Waals surface area (Å²) in [5, 5.41) is 0. The maximum Gasteiger partial charge on any atom is 0.132 e. The molecule has 0 amide bonds. The predicted octanol–water partition coefficient (Wildman–Crippen LogP) is 8.70. The summed E-state index contributed by atoms with van der Waals surface area (Å²) >= 11 is 0. The Morgan fingerprint density at radius 1 is 0.688 bits per heavy atom. The minimum atomic E-state index is 0.261. The van der Waals surface area contributed by atoms with Gasteiger partial charge in [0.25, 0.3) is 0 Å². The van der Waals surface area contributed by atoms with Crippen LogP contribution >= 0.6 is 0 Å². The monoisotopic (exact) mass is 440 g/mol. The molecule has 1 nitrogen and oxygen atoms in total. The maximum absolute atomic E-state index is 12.3. The van der Waals surface area contributed by atoms with E-state index in [1.54, 1.807) is 0 Å². The highest BCUT2D eigenvalue weighted by atomic mass is 16.1. The van der Waals surface area contributed by atoms with Crippen molar-refractivity contribution in [2.75, 3.05) is 0 Å². The molecule has 182 valence electrons. The van der Waals surface area contributed by atoms with Crippen LogP contribution in [0.3, 0.4) is 0 Å². The summed E-state index contributed by atoms with van der Waals surface area (Å²) in [6, 6.07) is 0. The molecule has 5 fully saturated rings. The summed E-state index contributed by atoms with van der Waals surface area (Å²) in [7, 11) is 0. The third-order valence-corrected chi connectivity index (χ3v) is 14.0. The minimum Gasteiger partial charge on any atom is -0.300 e. The second-order valence-electron chi connectivity index (χ2n) is 15.2. The van der Waals surface area contributed by atoms with Crippen molar-refractivity contribution in [1.29, 1.82) is 0 Å². The summed E-state index contributed by atoms with van der Waals surface area (Å²) < 4.78 is 0. The molecule has 0 aromatic rings. The fourth-order valence-electron chi connectivity index (χ4n) is 12.2. The number of Topliss-reactive ketones (excluding diaryl/α,β-unsaturated/α-hetero) is 1. The Bertz CT molecular complexity index is 781. The van der Waals surface area contributed by atoms with E-state index in [1.807, 2.05) is 6.92 Å². The molecule has 0 spiro atoms. The van der Waals surface area contributed by atoms with Crippen molar-refractivity contribution in [3.63, 3.8) is 0 Å². The van der Waals surface area contributed by atoms with Gasteiger partial charge in [-0.3, -0.25) is 4.79 Å². The SMILES string of the molecule is CC(=O)C(C)C1CCC2(C)C1CCC1(C)C2CCC2C3(C)CCCC(C)(C)C3CCC21C. The van der Waals surface area contributed by atoms with Crippen molar-refractivity contribution in [3.05, 3.63) is 0 Å². The van der Waals surface area contributed by atoms with Crippen molar-refractivity contribution in [2.45, 2.75) is 126 Å². The lowest BCUT2D eigenvalue weighted by Gasteiger charge is -2.73. The number of rotatable bonds is 2. The molecule has 0 saturated heterocycles. The molecule has 0 bridgehead atoms. The highest BCUT2D eigenvalue weighted by Crippen LogP contribution is 2.78. The average molecular weight is 441 g/mol. The van der Waals surface area contributed by atoms with Crippen molar-refractivity contribution < 1.29 is 4.79 Å². The first-order valence-corrected chi connectivity index (χ1v) is 14.3. The molecule has 10 unspecified atom stereocenters. The van der Waals surface area contributed by atoms with Gasteiger partial charge in [0, 0.05) is 5.92 Å². The molecule has 5 saturated carbocycles. The first-order chi connectivity index (χ1) is 14.8. The van der Waals surface area contributed by atoms with Gasteiger partial charge in [0.2, 0.25) is 0 Å². The van der Waals surface area contributed by atoms with E-state index < -0.39 is 0 Å². The third-order valence-electron chi connectivity index (χ3n) is 14.0. The van der Waals surface area contributed by atoms with Gasteiger partial charge >= 0.3 is 0 Å². The zero-order valence-corrected chi connectivity index (χ0v) is 22.7. The Balaban J connectivity index is 1.50. The van der Waals surface area contributed by atoms with E-state index in [0.717, 1.165) is 23.7 Å². The highest BCUT2D eigenvalue weighted by molar-refractivity contribution is 5.78. The lowest BCUT2D eigenvalue weighted by Crippen LogP contribution is -2.65. The van der Waals surface area contributed by atoms with Crippen LogP contribution in [0.25, 0.3) is 0 Å². The van der Waals surface area contributed by atoms with Crippen LogP contribution in [-0.2, 0) is 4.79 Å². The van der Waals surface area contributed by atoms with Crippen LogP contribution in [0.4, 0.5) is 0 Å². The van der Waals surface area contributed by atoms with Crippen LogP contribution in [0.2, 0.25) is 0 Å². The molecule has 5 aliphatic carbocycles. The van der Waals surface area contributed by atoms with E-state index in [0.29, 0.717) is 38.8 Å². The van der Waals surface area contributed by atoms with Crippen LogP contribution in [0.15, 0.2) is 0 Å². The molecule has 1 heteroatoms. The molecule has 0 radical (unpaired) electrons. The number of hydrogen-bond acceptors (Lipinski definition) is 1. The van der Waals surface area contributed by atoms with Gasteiger partial charge in [-0.25, -0.2) is 0 Å². The molecule has 5 aliphatic rings.